The molecule has 0 saturated heterocycles. The Bertz CT molecular complexity index is 3210. The molecule has 0 rings (SSSR count). The van der Waals surface area contributed by atoms with Gasteiger partial charge in [0.25, 0.3) is 0 Å². The maximum absolute atomic E-state index is 13.1. The van der Waals surface area contributed by atoms with E-state index in [2.05, 4.69) is 227 Å². The van der Waals surface area contributed by atoms with Crippen molar-refractivity contribution in [2.75, 3.05) is 39.6 Å². The number of hydrogen-bond acceptors (Lipinski definition) is 14. The Morgan fingerprint density at radius 2 is 0.382 bits per heavy atom. The van der Waals surface area contributed by atoms with Crippen LogP contribution in [0.4, 0.5) is 0 Å². The summed E-state index contributed by atoms with van der Waals surface area (Å²) >= 11 is 0. The summed E-state index contributed by atoms with van der Waals surface area (Å²) < 4.78 is 61.7. The molecule has 0 saturated carbocycles. The van der Waals surface area contributed by atoms with Gasteiger partial charge in [0.15, 0.2) is 6.10 Å². The second kappa shape index (κ2) is 103. The van der Waals surface area contributed by atoms with E-state index in [0.717, 1.165) is 193 Å². The number of ether oxygens (including phenoxy) is 3. The number of hydrogen-bond donors (Lipinski definition) is 4. The van der Waals surface area contributed by atoms with Crippen molar-refractivity contribution in [2.45, 2.75) is 450 Å². The minimum absolute atomic E-state index is 0.0927. The van der Waals surface area contributed by atoms with Crippen LogP contribution in [-0.4, -0.2) is 95.9 Å². The number of aliphatic hydroxyl groups excluding tert-OH is 2. The highest BCUT2D eigenvalue weighted by Gasteiger charge is 2.30. The van der Waals surface area contributed by atoms with E-state index in [4.69, 9.17) is 32.3 Å². The van der Waals surface area contributed by atoms with Gasteiger partial charge in [-0.3, -0.25) is 32.5 Å². The highest BCUT2D eigenvalue weighted by molar-refractivity contribution is 7.47. The molecule has 5 unspecified atom stereocenters. The zero-order valence-corrected chi connectivity index (χ0v) is 84.7. The van der Waals surface area contributed by atoms with Crippen molar-refractivity contribution < 1.29 is 75.8 Å². The Balaban J connectivity index is 4.61. The zero-order valence-electron chi connectivity index (χ0n) is 82.9. The standard InChI is InChI=1S/C113H190O16P2/c1-4-7-10-13-16-19-22-25-28-31-34-37-40-43-46-49-51-52-53-54-56-59-60-63-66-69-72-75-78-81-84-87-90-93-96-99-111(116)123-102-108(114)103-125-130(119,120)126-104-109(115)105-127-131(121,122)128-107-110(129-113(118)101-98-95-92-89-86-83-80-77-74-71-68-65-62-57-48-45-42-39-36-33-30-27-24-21-18-15-12-9-6-3)106-124-112(117)100-97-94-91-88-85-82-79-76-73-70-67-64-61-58-55-50-47-44-41-38-35-32-29-26-23-20-17-14-11-8-5-2/h7-12,16-21,25-30,34-39,43-48,55,58,62,65,108-110,114-115H,4-6,13-15,22-24,31-33,40-42,49-54,56-57,59-61,63-64,66-107H2,1-3H3,(H,119,120)(H,121,122)/b10-7-,11-8-,12-9-,19-16-,20-17-,21-18-,28-25-,29-26-,30-27-,37-34-,38-35-,39-36-,46-43-,47-44-,48-45-,58-55-,65-62-. The van der Waals surface area contributed by atoms with Crippen molar-refractivity contribution in [1.29, 1.82) is 0 Å². The third-order valence-corrected chi connectivity index (χ3v) is 23.9. The molecule has 0 aromatic carbocycles. The molecule has 0 amide bonds. The summed E-state index contributed by atoms with van der Waals surface area (Å²) in [6.07, 6.45) is 140. The van der Waals surface area contributed by atoms with Gasteiger partial charge in [-0.1, -0.05) is 452 Å². The maximum Gasteiger partial charge on any atom is 0.472 e. The van der Waals surface area contributed by atoms with Crippen LogP contribution >= 0.6 is 15.6 Å². The Labute approximate surface area is 800 Å². The molecular formula is C113H190O16P2. The fourth-order valence-electron chi connectivity index (χ4n) is 14.2. The van der Waals surface area contributed by atoms with Gasteiger partial charge in [-0.25, -0.2) is 9.13 Å². The summed E-state index contributed by atoms with van der Waals surface area (Å²) in [6.45, 7) is 2.40. The zero-order chi connectivity index (χ0) is 95.0. The van der Waals surface area contributed by atoms with Crippen LogP contribution in [-0.2, 0) is 55.8 Å². The van der Waals surface area contributed by atoms with E-state index in [1.54, 1.807) is 0 Å². The van der Waals surface area contributed by atoms with Crippen LogP contribution in [0.15, 0.2) is 207 Å². The molecule has 0 aliphatic rings. The van der Waals surface area contributed by atoms with Gasteiger partial charge in [-0.2, -0.15) is 0 Å². The molecule has 131 heavy (non-hydrogen) atoms. The first kappa shape index (κ1) is 125. The lowest BCUT2D eigenvalue weighted by molar-refractivity contribution is -0.161. The smallest absolute Gasteiger partial charge is 0.463 e. The molecule has 0 aliphatic heterocycles. The predicted octanol–water partition coefficient (Wildman–Crippen LogP) is 33.5. The van der Waals surface area contributed by atoms with E-state index >= 15 is 0 Å². The first-order chi connectivity index (χ1) is 64.2. The van der Waals surface area contributed by atoms with E-state index in [0.29, 0.717) is 19.3 Å². The number of rotatable bonds is 98. The van der Waals surface area contributed by atoms with Crippen molar-refractivity contribution in [3.05, 3.63) is 207 Å². The van der Waals surface area contributed by atoms with Crippen LogP contribution in [0, 0.1) is 0 Å². The lowest BCUT2D eigenvalue weighted by Crippen LogP contribution is -2.30. The molecule has 0 aliphatic carbocycles. The van der Waals surface area contributed by atoms with Gasteiger partial charge in [0, 0.05) is 19.3 Å². The monoisotopic (exact) mass is 1870 g/mol. The van der Waals surface area contributed by atoms with Crippen LogP contribution in [0.5, 0.6) is 0 Å². The molecule has 0 fully saturated rings. The fourth-order valence-corrected chi connectivity index (χ4v) is 15.8. The molecule has 0 bridgehead atoms. The molecule has 4 N–H and O–H groups in total. The molecule has 0 spiro atoms. The highest BCUT2D eigenvalue weighted by Crippen LogP contribution is 2.45. The highest BCUT2D eigenvalue weighted by atomic mass is 31.2. The summed E-state index contributed by atoms with van der Waals surface area (Å²) in [5.74, 6) is -1.57. The number of phosphoric acid groups is 2. The summed E-state index contributed by atoms with van der Waals surface area (Å²) in [5, 5.41) is 20.8. The lowest BCUT2D eigenvalue weighted by Gasteiger charge is -2.21. The van der Waals surface area contributed by atoms with Gasteiger partial charge >= 0.3 is 33.6 Å². The minimum Gasteiger partial charge on any atom is -0.463 e. The number of esters is 3. The van der Waals surface area contributed by atoms with Crippen LogP contribution < -0.4 is 0 Å². The molecule has 0 aromatic rings. The second-order valence-corrected chi connectivity index (χ2v) is 37.5. The average Bonchev–Trinajstić information content (AvgIpc) is 0.891. The number of aliphatic hydroxyl groups is 2. The average molecular weight is 1870 g/mol. The van der Waals surface area contributed by atoms with Crippen molar-refractivity contribution in [2.24, 2.45) is 0 Å². The summed E-state index contributed by atoms with van der Waals surface area (Å²) in [5.41, 5.74) is 0. The number of phosphoric ester groups is 2. The van der Waals surface area contributed by atoms with Crippen molar-refractivity contribution >= 4 is 33.6 Å². The van der Waals surface area contributed by atoms with Gasteiger partial charge in [-0.15, -0.1) is 0 Å². The number of unbranched alkanes of at least 4 members (excludes halogenated alkanes) is 41. The first-order valence-electron chi connectivity index (χ1n) is 52.4. The van der Waals surface area contributed by atoms with E-state index in [-0.39, 0.29) is 19.3 Å². The van der Waals surface area contributed by atoms with Crippen molar-refractivity contribution in [3.8, 4) is 0 Å². The first-order valence-corrected chi connectivity index (χ1v) is 55.4. The molecule has 0 aromatic heterocycles. The van der Waals surface area contributed by atoms with Crippen LogP contribution in [0.25, 0.3) is 0 Å². The molecular weight excluding hydrogens is 1680 g/mol. The minimum atomic E-state index is -4.95. The van der Waals surface area contributed by atoms with E-state index in [9.17, 15) is 43.5 Å². The molecule has 16 nitrogen and oxygen atoms in total. The number of allylic oxidation sites excluding steroid dienone is 34. The third-order valence-electron chi connectivity index (χ3n) is 22.0. The Kier molecular flexibility index (Phi) is 98.4. The summed E-state index contributed by atoms with van der Waals surface area (Å²) in [7, 11) is -9.83. The van der Waals surface area contributed by atoms with Gasteiger partial charge < -0.3 is 34.2 Å². The Morgan fingerprint density at radius 3 is 0.603 bits per heavy atom. The van der Waals surface area contributed by atoms with Crippen molar-refractivity contribution in [1.82, 2.24) is 0 Å². The SMILES string of the molecule is CC/C=C\C/C=C\C/C=C\C/C=C\C/C=C\C/C=C\CCCCCCCCCCCCCCC(=O)OCC(COP(=O)(O)OCC(O)COP(=O)(O)OCC(O)COC(=O)CCCCCCCCCCCCCCCCCCCCC/C=C\C/C=C\C/C=C\C/C=C\C/C=C\CC)OC(=O)CCCCCCCCCCCC/C=C\C/C=C\C/C=C\C/C=C\C/C=C\C/C=C\CC. The van der Waals surface area contributed by atoms with Gasteiger partial charge in [-0.05, 0) is 167 Å². The molecule has 5 atom stereocenters. The van der Waals surface area contributed by atoms with Crippen LogP contribution in [0.2, 0.25) is 0 Å². The van der Waals surface area contributed by atoms with E-state index in [1.807, 2.05) is 0 Å². The van der Waals surface area contributed by atoms with E-state index < -0.39 is 91.5 Å². The van der Waals surface area contributed by atoms with E-state index in [1.165, 1.54) is 180 Å². The van der Waals surface area contributed by atoms with Crippen LogP contribution in [0.1, 0.15) is 432 Å². The van der Waals surface area contributed by atoms with Gasteiger partial charge in [0.1, 0.15) is 25.4 Å². The Morgan fingerprint density at radius 1 is 0.214 bits per heavy atom. The molecule has 748 valence electrons. The van der Waals surface area contributed by atoms with Crippen LogP contribution in [0.3, 0.4) is 0 Å². The molecule has 0 heterocycles. The largest absolute Gasteiger partial charge is 0.472 e. The van der Waals surface area contributed by atoms with Crippen molar-refractivity contribution in [3.63, 3.8) is 0 Å². The molecule has 18 heteroatoms. The number of carbonyl (C=O) groups is 3. The normalized spacial score (nSPS) is 14.5. The number of carbonyl (C=O) groups excluding carboxylic acids is 3. The third kappa shape index (κ3) is 104. The Hall–Kier alpha value is -5.87. The fraction of sp³-hybridized carbons (Fsp3) is 0.673. The topological polar surface area (TPSA) is 231 Å². The summed E-state index contributed by atoms with van der Waals surface area (Å²) in [6, 6.07) is 0. The summed E-state index contributed by atoms with van der Waals surface area (Å²) in [4.78, 5) is 59.3. The quantitative estimate of drug-likeness (QED) is 0.0146. The second-order valence-electron chi connectivity index (χ2n) is 34.6. The lowest BCUT2D eigenvalue weighted by atomic mass is 10.0. The molecule has 0 radical (unpaired) electrons. The maximum atomic E-state index is 13.1. The van der Waals surface area contributed by atoms with Gasteiger partial charge in [0.05, 0.1) is 26.4 Å². The predicted molar refractivity (Wildman–Crippen MR) is 555 cm³/mol. The van der Waals surface area contributed by atoms with Gasteiger partial charge in [0.2, 0.25) is 0 Å².